The summed E-state index contributed by atoms with van der Waals surface area (Å²) in [5, 5.41) is 0. The molecule has 0 aromatic heterocycles. The molecular formula is C9H16O2. The molecule has 2 unspecified atom stereocenters. The van der Waals surface area contributed by atoms with Gasteiger partial charge in [-0.25, -0.2) is 0 Å². The van der Waals surface area contributed by atoms with Gasteiger partial charge in [-0.3, -0.25) is 4.79 Å². The maximum Gasteiger partial charge on any atom is 0.133 e. The van der Waals surface area contributed by atoms with E-state index in [1.807, 2.05) is 0 Å². The minimum Gasteiger partial charge on any atom is -0.378 e. The van der Waals surface area contributed by atoms with E-state index in [9.17, 15) is 4.79 Å². The summed E-state index contributed by atoms with van der Waals surface area (Å²) in [6.45, 7) is 4.55. The average molecular weight is 156 g/mol. The lowest BCUT2D eigenvalue weighted by Crippen LogP contribution is -2.28. The van der Waals surface area contributed by atoms with E-state index in [1.54, 1.807) is 6.92 Å². The van der Waals surface area contributed by atoms with Crippen LogP contribution in [0.4, 0.5) is 0 Å². The summed E-state index contributed by atoms with van der Waals surface area (Å²) in [6.07, 6.45) is 3.22. The topological polar surface area (TPSA) is 26.3 Å². The Bertz CT molecular complexity index is 142. The first-order valence-corrected chi connectivity index (χ1v) is 4.36. The van der Waals surface area contributed by atoms with Gasteiger partial charge in [0.15, 0.2) is 0 Å². The fourth-order valence-corrected chi connectivity index (χ4v) is 1.53. The van der Waals surface area contributed by atoms with Gasteiger partial charge in [-0.05, 0) is 26.2 Å². The van der Waals surface area contributed by atoms with Gasteiger partial charge >= 0.3 is 0 Å². The highest BCUT2D eigenvalue weighted by Crippen LogP contribution is 2.22. The third-order valence-electron chi connectivity index (χ3n) is 2.40. The molecule has 1 heterocycles. The molecule has 0 N–H and O–H groups in total. The Hall–Kier alpha value is -0.370. The molecule has 0 aliphatic carbocycles. The van der Waals surface area contributed by atoms with Gasteiger partial charge in [-0.1, -0.05) is 6.92 Å². The lowest BCUT2D eigenvalue weighted by atomic mass is 9.91. The van der Waals surface area contributed by atoms with Gasteiger partial charge < -0.3 is 4.74 Å². The molecule has 0 aromatic rings. The normalized spacial score (nSPS) is 31.8. The number of ketones is 1. The smallest absolute Gasteiger partial charge is 0.133 e. The lowest BCUT2D eigenvalue weighted by molar-refractivity contribution is -0.125. The van der Waals surface area contributed by atoms with Crippen LogP contribution in [-0.4, -0.2) is 18.5 Å². The molecular weight excluding hydrogens is 140 g/mol. The molecule has 64 valence electrons. The van der Waals surface area contributed by atoms with E-state index in [0.717, 1.165) is 25.9 Å². The summed E-state index contributed by atoms with van der Waals surface area (Å²) in [6, 6.07) is 0. The van der Waals surface area contributed by atoms with Gasteiger partial charge in [0.25, 0.3) is 0 Å². The maximum atomic E-state index is 11.0. The molecule has 2 atom stereocenters. The molecule has 0 spiro atoms. The van der Waals surface area contributed by atoms with Crippen molar-refractivity contribution in [2.75, 3.05) is 6.61 Å². The molecule has 0 aromatic carbocycles. The zero-order chi connectivity index (χ0) is 8.27. The van der Waals surface area contributed by atoms with E-state index < -0.39 is 0 Å². The highest BCUT2D eigenvalue weighted by atomic mass is 16.5. The number of hydrogen-bond acceptors (Lipinski definition) is 2. The molecule has 1 fully saturated rings. The Morgan fingerprint density at radius 2 is 2.36 bits per heavy atom. The second kappa shape index (κ2) is 3.86. The van der Waals surface area contributed by atoms with Crippen LogP contribution in [0.15, 0.2) is 0 Å². The Morgan fingerprint density at radius 1 is 1.64 bits per heavy atom. The van der Waals surface area contributed by atoms with Crippen molar-refractivity contribution in [1.29, 1.82) is 0 Å². The maximum absolute atomic E-state index is 11.0. The van der Waals surface area contributed by atoms with Crippen LogP contribution in [0.2, 0.25) is 0 Å². The Kier molecular flexibility index (Phi) is 3.06. The molecule has 1 aliphatic rings. The summed E-state index contributed by atoms with van der Waals surface area (Å²) in [7, 11) is 0. The fourth-order valence-electron chi connectivity index (χ4n) is 1.53. The number of hydrogen-bond donors (Lipinski definition) is 0. The highest BCUT2D eigenvalue weighted by Gasteiger charge is 2.23. The van der Waals surface area contributed by atoms with Crippen LogP contribution >= 0.6 is 0 Å². The minimum atomic E-state index is 0.272. The monoisotopic (exact) mass is 156 g/mol. The van der Waals surface area contributed by atoms with Gasteiger partial charge in [0.2, 0.25) is 0 Å². The molecule has 11 heavy (non-hydrogen) atoms. The van der Waals surface area contributed by atoms with Gasteiger partial charge in [-0.2, -0.15) is 0 Å². The molecule has 0 saturated carbocycles. The highest BCUT2D eigenvalue weighted by molar-refractivity contribution is 5.78. The first-order chi connectivity index (χ1) is 5.24. The molecule has 0 radical (unpaired) electrons. The van der Waals surface area contributed by atoms with Crippen LogP contribution < -0.4 is 0 Å². The lowest BCUT2D eigenvalue weighted by Gasteiger charge is -2.27. The standard InChI is InChI=1S/C9H16O2/c1-3-9-6-8(7(2)10)4-5-11-9/h8-9H,3-6H2,1-2H3. The molecule has 0 amide bonds. The summed E-state index contributed by atoms with van der Waals surface area (Å²) in [5.74, 6) is 0.598. The molecule has 0 bridgehead atoms. The quantitative estimate of drug-likeness (QED) is 0.609. The summed E-state index contributed by atoms with van der Waals surface area (Å²) in [5.41, 5.74) is 0. The summed E-state index contributed by atoms with van der Waals surface area (Å²) < 4.78 is 5.46. The van der Waals surface area contributed by atoms with Crippen LogP contribution in [0.3, 0.4) is 0 Å². The SMILES string of the molecule is CCC1CC(C(C)=O)CCO1. The second-order valence-electron chi connectivity index (χ2n) is 3.23. The van der Waals surface area contributed by atoms with Crippen LogP contribution in [-0.2, 0) is 9.53 Å². The number of ether oxygens (including phenoxy) is 1. The molecule has 1 rings (SSSR count). The van der Waals surface area contributed by atoms with Crippen LogP contribution in [0, 0.1) is 5.92 Å². The van der Waals surface area contributed by atoms with Crippen molar-refractivity contribution in [3.8, 4) is 0 Å². The Labute approximate surface area is 67.9 Å². The predicted octanol–water partition coefficient (Wildman–Crippen LogP) is 1.78. The van der Waals surface area contributed by atoms with E-state index in [4.69, 9.17) is 4.74 Å². The molecule has 2 heteroatoms. The van der Waals surface area contributed by atoms with Gasteiger partial charge in [0.1, 0.15) is 5.78 Å². The van der Waals surface area contributed by atoms with Crippen LogP contribution in [0.5, 0.6) is 0 Å². The predicted molar refractivity (Wildman–Crippen MR) is 43.4 cm³/mol. The molecule has 2 nitrogen and oxygen atoms in total. The van der Waals surface area contributed by atoms with Gasteiger partial charge in [0, 0.05) is 12.5 Å². The van der Waals surface area contributed by atoms with Crippen molar-refractivity contribution in [2.24, 2.45) is 5.92 Å². The Balaban J connectivity index is 2.39. The summed E-state index contributed by atoms with van der Waals surface area (Å²) in [4.78, 5) is 11.0. The molecule has 1 saturated heterocycles. The Morgan fingerprint density at radius 3 is 2.91 bits per heavy atom. The van der Waals surface area contributed by atoms with E-state index in [1.165, 1.54) is 0 Å². The third-order valence-corrected chi connectivity index (χ3v) is 2.40. The minimum absolute atomic E-state index is 0.272. The van der Waals surface area contributed by atoms with Crippen molar-refractivity contribution in [2.45, 2.75) is 39.2 Å². The fraction of sp³-hybridized carbons (Fsp3) is 0.889. The number of carbonyl (C=O) groups excluding carboxylic acids is 1. The average Bonchev–Trinajstić information content (AvgIpc) is 2.05. The number of Topliss-reactive ketones (excluding diaryl/α,β-unsaturated/α-hetero) is 1. The first-order valence-electron chi connectivity index (χ1n) is 4.36. The van der Waals surface area contributed by atoms with E-state index >= 15 is 0 Å². The van der Waals surface area contributed by atoms with Crippen molar-refractivity contribution in [3.63, 3.8) is 0 Å². The van der Waals surface area contributed by atoms with Crippen LogP contribution in [0.1, 0.15) is 33.1 Å². The zero-order valence-electron chi connectivity index (χ0n) is 7.30. The van der Waals surface area contributed by atoms with E-state index in [-0.39, 0.29) is 5.92 Å². The van der Waals surface area contributed by atoms with E-state index in [0.29, 0.717) is 11.9 Å². The van der Waals surface area contributed by atoms with Crippen molar-refractivity contribution in [3.05, 3.63) is 0 Å². The second-order valence-corrected chi connectivity index (χ2v) is 3.23. The third kappa shape index (κ3) is 2.29. The first kappa shape index (κ1) is 8.72. The number of carbonyl (C=O) groups is 1. The van der Waals surface area contributed by atoms with E-state index in [2.05, 4.69) is 6.92 Å². The van der Waals surface area contributed by atoms with Gasteiger partial charge in [0.05, 0.1) is 6.10 Å². The van der Waals surface area contributed by atoms with Crippen molar-refractivity contribution < 1.29 is 9.53 Å². The summed E-state index contributed by atoms with van der Waals surface area (Å²) >= 11 is 0. The number of rotatable bonds is 2. The van der Waals surface area contributed by atoms with Gasteiger partial charge in [-0.15, -0.1) is 0 Å². The van der Waals surface area contributed by atoms with Crippen molar-refractivity contribution in [1.82, 2.24) is 0 Å². The molecule has 1 aliphatic heterocycles. The largest absolute Gasteiger partial charge is 0.378 e. The van der Waals surface area contributed by atoms with Crippen LogP contribution in [0.25, 0.3) is 0 Å². The van der Waals surface area contributed by atoms with Crippen molar-refractivity contribution >= 4 is 5.78 Å². The zero-order valence-corrected chi connectivity index (χ0v) is 7.30.